The van der Waals surface area contributed by atoms with Gasteiger partial charge in [0.05, 0.1) is 23.9 Å². The summed E-state index contributed by atoms with van der Waals surface area (Å²) in [5, 5.41) is 8.96. The molecule has 34 heavy (non-hydrogen) atoms. The van der Waals surface area contributed by atoms with E-state index in [0.717, 1.165) is 5.56 Å². The molecular weight excluding hydrogens is 452 g/mol. The van der Waals surface area contributed by atoms with E-state index < -0.39 is 15.4 Å². The van der Waals surface area contributed by atoms with E-state index in [9.17, 15) is 13.2 Å². The van der Waals surface area contributed by atoms with Crippen molar-refractivity contribution >= 4 is 26.5 Å². The lowest BCUT2D eigenvalue weighted by Gasteiger charge is -2.15. The van der Waals surface area contributed by atoms with Gasteiger partial charge in [-0.15, -0.1) is 0 Å². The van der Waals surface area contributed by atoms with Gasteiger partial charge in [-0.1, -0.05) is 36.4 Å². The lowest BCUT2D eigenvalue weighted by atomic mass is 10.2. The van der Waals surface area contributed by atoms with Gasteiger partial charge in [0.1, 0.15) is 27.4 Å². The van der Waals surface area contributed by atoms with E-state index >= 15 is 0 Å². The normalized spacial score (nSPS) is 11.7. The highest BCUT2D eigenvalue weighted by molar-refractivity contribution is 7.91. The largest absolute Gasteiger partial charge is 0.497 e. The number of methoxy groups -OCH3 is 1. The average molecular weight is 473 g/mol. The summed E-state index contributed by atoms with van der Waals surface area (Å²) in [5.41, 5.74) is 0.781. The minimum atomic E-state index is -4.06. The zero-order valence-corrected chi connectivity index (χ0v) is 19.0. The fraction of sp³-hybridized carbons (Fsp3) is 0.0800. The summed E-state index contributed by atoms with van der Waals surface area (Å²) in [7, 11) is -2.49. The van der Waals surface area contributed by atoms with Crippen molar-refractivity contribution < 1.29 is 13.2 Å². The fourth-order valence-electron chi connectivity index (χ4n) is 3.86. The molecule has 0 radical (unpaired) electrons. The Labute approximate surface area is 194 Å². The molecule has 0 atom stereocenters. The quantitative estimate of drug-likeness (QED) is 0.396. The molecule has 0 fully saturated rings. The summed E-state index contributed by atoms with van der Waals surface area (Å²) in [6.45, 7) is 0.146. The molecule has 170 valence electrons. The van der Waals surface area contributed by atoms with Gasteiger partial charge in [-0.3, -0.25) is 14.6 Å². The first-order valence-electron chi connectivity index (χ1n) is 10.4. The zero-order valence-electron chi connectivity index (χ0n) is 18.2. The van der Waals surface area contributed by atoms with Crippen LogP contribution in [0, 0.1) is 5.41 Å². The van der Waals surface area contributed by atoms with Crippen molar-refractivity contribution in [3.05, 3.63) is 106 Å². The van der Waals surface area contributed by atoms with Crippen LogP contribution in [0.15, 0.2) is 99.6 Å². The smallest absolute Gasteiger partial charge is 0.267 e. The molecule has 0 spiro atoms. The highest BCUT2D eigenvalue weighted by Gasteiger charge is 2.24. The van der Waals surface area contributed by atoms with E-state index in [4.69, 9.17) is 10.1 Å². The van der Waals surface area contributed by atoms with Crippen LogP contribution in [0.2, 0.25) is 0 Å². The number of hydrogen-bond acceptors (Lipinski definition) is 6. The van der Waals surface area contributed by atoms with Crippen LogP contribution in [-0.4, -0.2) is 29.5 Å². The number of pyridine rings is 2. The molecule has 9 heteroatoms. The molecule has 8 nitrogen and oxygen atoms in total. The van der Waals surface area contributed by atoms with E-state index in [1.54, 1.807) is 61.8 Å². The average Bonchev–Trinajstić information content (AvgIpc) is 2.87. The first-order valence-corrected chi connectivity index (χ1v) is 11.9. The van der Waals surface area contributed by atoms with Crippen molar-refractivity contribution in [2.75, 3.05) is 7.11 Å². The molecular formula is C25H20N4O4S. The van der Waals surface area contributed by atoms with E-state index in [0.29, 0.717) is 11.4 Å². The van der Waals surface area contributed by atoms with Crippen LogP contribution in [0.4, 0.5) is 0 Å². The molecule has 5 aromatic rings. The number of nitrogens with zero attached hydrogens (tertiary/aromatic N) is 3. The molecule has 0 aliphatic rings. The van der Waals surface area contributed by atoms with E-state index in [-0.39, 0.29) is 32.9 Å². The van der Waals surface area contributed by atoms with Gasteiger partial charge in [0.25, 0.3) is 5.56 Å². The molecule has 5 rings (SSSR count). The summed E-state index contributed by atoms with van der Waals surface area (Å²) < 4.78 is 35.0. The molecule has 0 aliphatic heterocycles. The molecule has 0 bridgehead atoms. The summed E-state index contributed by atoms with van der Waals surface area (Å²) >= 11 is 0. The number of sulfone groups is 1. The fourth-order valence-corrected chi connectivity index (χ4v) is 5.27. The Hall–Kier alpha value is -4.24. The molecule has 3 heterocycles. The zero-order chi connectivity index (χ0) is 23.9. The van der Waals surface area contributed by atoms with Crippen LogP contribution in [-0.2, 0) is 16.4 Å². The second-order valence-corrected chi connectivity index (χ2v) is 9.61. The molecule has 0 saturated heterocycles. The second-order valence-electron chi connectivity index (χ2n) is 7.69. The van der Waals surface area contributed by atoms with Gasteiger partial charge < -0.3 is 9.30 Å². The van der Waals surface area contributed by atoms with Crippen molar-refractivity contribution in [2.24, 2.45) is 0 Å². The van der Waals surface area contributed by atoms with Crippen LogP contribution < -0.4 is 15.8 Å². The number of ether oxygens (including phenoxy) is 1. The Kier molecular flexibility index (Phi) is 5.25. The SMILES string of the molecule is COc1ccc(Cn2c(=N)c(S(=O)(=O)c3ccccc3)cc3c(=O)n4ccccc4nc32)cc1. The molecule has 0 saturated carbocycles. The predicted molar refractivity (Wildman–Crippen MR) is 127 cm³/mol. The number of benzene rings is 2. The lowest BCUT2D eigenvalue weighted by Crippen LogP contribution is -2.30. The van der Waals surface area contributed by atoms with Gasteiger partial charge in [0.15, 0.2) is 0 Å². The molecule has 1 N–H and O–H groups in total. The van der Waals surface area contributed by atoms with Crippen LogP contribution in [0.3, 0.4) is 0 Å². The van der Waals surface area contributed by atoms with Crippen LogP contribution in [0.1, 0.15) is 5.56 Å². The van der Waals surface area contributed by atoms with Crippen molar-refractivity contribution in [1.29, 1.82) is 5.41 Å². The standard InChI is InChI=1S/C25H20N4O4S/c1-33-18-12-10-17(11-13-18)16-29-23(26)21(34(31,32)19-7-3-2-4-8-19)15-20-24(29)27-22-9-5-6-14-28(22)25(20)30/h2-15,26H,16H2,1H3. The summed E-state index contributed by atoms with van der Waals surface area (Å²) in [6, 6.07) is 21.5. The van der Waals surface area contributed by atoms with E-state index in [2.05, 4.69) is 4.98 Å². The number of fused-ring (bicyclic) bond motifs is 2. The summed E-state index contributed by atoms with van der Waals surface area (Å²) in [5.74, 6) is 0.674. The Balaban J connectivity index is 1.84. The van der Waals surface area contributed by atoms with Crippen LogP contribution >= 0.6 is 0 Å². The van der Waals surface area contributed by atoms with Gasteiger partial charge in [-0.2, -0.15) is 0 Å². The topological polar surface area (TPSA) is 107 Å². The summed E-state index contributed by atoms with van der Waals surface area (Å²) in [4.78, 5) is 17.7. The molecule has 0 unspecified atom stereocenters. The first-order chi connectivity index (χ1) is 16.4. The number of aromatic nitrogens is 3. The molecule has 0 amide bonds. The maximum Gasteiger partial charge on any atom is 0.267 e. The molecule has 2 aromatic carbocycles. The van der Waals surface area contributed by atoms with Crippen molar-refractivity contribution in [3.63, 3.8) is 0 Å². The lowest BCUT2D eigenvalue weighted by molar-refractivity contribution is 0.414. The van der Waals surface area contributed by atoms with Crippen molar-refractivity contribution in [2.45, 2.75) is 16.3 Å². The minimum absolute atomic E-state index is 0.0488. The first kappa shape index (κ1) is 21.6. The van der Waals surface area contributed by atoms with Gasteiger partial charge in [-0.25, -0.2) is 13.4 Å². The van der Waals surface area contributed by atoms with Gasteiger partial charge >= 0.3 is 0 Å². The van der Waals surface area contributed by atoms with Gasteiger partial charge in [0, 0.05) is 6.20 Å². The Bertz CT molecular complexity index is 1760. The van der Waals surface area contributed by atoms with Crippen LogP contribution in [0.5, 0.6) is 5.75 Å². The number of nitrogens with one attached hydrogen (secondary N) is 1. The van der Waals surface area contributed by atoms with Crippen LogP contribution in [0.25, 0.3) is 16.7 Å². The second kappa shape index (κ2) is 8.27. The third-order valence-electron chi connectivity index (χ3n) is 5.63. The van der Waals surface area contributed by atoms with Gasteiger partial charge in [-0.05, 0) is 48.0 Å². The highest BCUT2D eigenvalue weighted by Crippen LogP contribution is 2.21. The van der Waals surface area contributed by atoms with E-state index in [1.165, 1.54) is 27.2 Å². The Morgan fingerprint density at radius 2 is 1.68 bits per heavy atom. The number of hydrogen-bond donors (Lipinski definition) is 1. The number of rotatable bonds is 5. The Morgan fingerprint density at radius 3 is 2.38 bits per heavy atom. The third kappa shape index (κ3) is 3.56. The maximum atomic E-state index is 13.5. The maximum absolute atomic E-state index is 13.5. The highest BCUT2D eigenvalue weighted by atomic mass is 32.2. The minimum Gasteiger partial charge on any atom is -0.497 e. The molecule has 3 aromatic heterocycles. The van der Waals surface area contributed by atoms with E-state index in [1.807, 2.05) is 12.1 Å². The van der Waals surface area contributed by atoms with Crippen molar-refractivity contribution in [3.8, 4) is 5.75 Å². The van der Waals surface area contributed by atoms with Gasteiger partial charge in [0.2, 0.25) is 9.84 Å². The van der Waals surface area contributed by atoms with Crippen molar-refractivity contribution in [1.82, 2.24) is 14.0 Å². The summed E-state index contributed by atoms with van der Waals surface area (Å²) in [6.07, 6.45) is 1.58. The predicted octanol–water partition coefficient (Wildman–Crippen LogP) is 3.02. The third-order valence-corrected chi connectivity index (χ3v) is 7.41. The monoisotopic (exact) mass is 472 g/mol. The molecule has 0 aliphatic carbocycles. The Morgan fingerprint density at radius 1 is 0.971 bits per heavy atom.